The standard InChI is InChI=1S/C11H17NO5.C11H19NO4.C6H9NO3.ClH/c1-11(2,3)17-10(16)12-6-7(9(14)15)4-5-8(12)13;1-11(2,3)16-10(15)12-6-4-5-8(7-12)9(13)14;8-5-2-1-4(3-7-5)6(9)10;/h7H,4-6H2,1-3H3,(H,14,15);8H,4-7H2,1-3H3,(H,13,14);4H,1-3H2,(H,7,8)(H,9,10);1H/t7-;8-;4-;/m000./s1. The number of hydrogen-bond donors (Lipinski definition) is 4. The van der Waals surface area contributed by atoms with Crippen LogP contribution in [0, 0.1) is 17.8 Å². The zero-order valence-electron chi connectivity index (χ0n) is 26.1. The molecule has 3 atom stereocenters. The van der Waals surface area contributed by atoms with E-state index in [1.165, 1.54) is 4.90 Å². The highest BCUT2D eigenvalue weighted by atomic mass is 35.5. The molecule has 252 valence electrons. The molecule has 16 heteroatoms. The molecule has 0 unspecified atom stereocenters. The normalized spacial score (nSPS) is 21.9. The number of likely N-dealkylation sites (tertiary alicyclic amines) is 2. The minimum atomic E-state index is -0.994. The summed E-state index contributed by atoms with van der Waals surface area (Å²) in [6.45, 7) is 11.5. The third-order valence-corrected chi connectivity index (χ3v) is 6.41. The molecule has 3 aliphatic heterocycles. The summed E-state index contributed by atoms with van der Waals surface area (Å²) >= 11 is 0. The molecular formula is C28H46ClN3O12. The molecule has 3 rings (SSSR count). The first kappa shape index (κ1) is 40.4. The van der Waals surface area contributed by atoms with E-state index in [4.69, 9.17) is 24.8 Å². The average molecular weight is 652 g/mol. The predicted octanol–water partition coefficient (Wildman–Crippen LogP) is 2.98. The van der Waals surface area contributed by atoms with Gasteiger partial charge in [0.15, 0.2) is 0 Å². The lowest BCUT2D eigenvalue weighted by Crippen LogP contribution is -2.47. The van der Waals surface area contributed by atoms with Gasteiger partial charge in [-0.25, -0.2) is 14.5 Å². The van der Waals surface area contributed by atoms with E-state index < -0.39 is 53.1 Å². The van der Waals surface area contributed by atoms with Gasteiger partial charge in [0.1, 0.15) is 11.2 Å². The van der Waals surface area contributed by atoms with E-state index in [-0.39, 0.29) is 62.6 Å². The van der Waals surface area contributed by atoms with Gasteiger partial charge in [0.2, 0.25) is 11.8 Å². The van der Waals surface area contributed by atoms with Gasteiger partial charge in [-0.15, -0.1) is 12.4 Å². The first-order valence-corrected chi connectivity index (χ1v) is 14.2. The van der Waals surface area contributed by atoms with Gasteiger partial charge in [-0.05, 0) is 67.2 Å². The van der Waals surface area contributed by atoms with Crippen LogP contribution in [0.2, 0.25) is 0 Å². The van der Waals surface area contributed by atoms with Crippen LogP contribution in [-0.2, 0) is 33.4 Å². The molecule has 3 aliphatic rings. The van der Waals surface area contributed by atoms with Gasteiger partial charge in [0.05, 0.1) is 17.8 Å². The van der Waals surface area contributed by atoms with E-state index in [0.717, 1.165) is 11.3 Å². The molecule has 3 saturated heterocycles. The molecule has 0 aromatic carbocycles. The fourth-order valence-corrected chi connectivity index (χ4v) is 4.16. The van der Waals surface area contributed by atoms with Crippen molar-refractivity contribution in [3.63, 3.8) is 0 Å². The first-order chi connectivity index (χ1) is 19.7. The van der Waals surface area contributed by atoms with Crippen LogP contribution in [0.25, 0.3) is 0 Å². The molecule has 0 aromatic heterocycles. The molecule has 0 aliphatic carbocycles. The monoisotopic (exact) mass is 651 g/mol. The number of rotatable bonds is 3. The number of nitrogens with zero attached hydrogens (tertiary/aromatic N) is 2. The van der Waals surface area contributed by atoms with Crippen LogP contribution in [0.5, 0.6) is 0 Å². The van der Waals surface area contributed by atoms with Crippen LogP contribution in [0.3, 0.4) is 0 Å². The molecule has 4 amide bonds. The molecule has 0 bridgehead atoms. The highest BCUT2D eigenvalue weighted by molar-refractivity contribution is 5.93. The van der Waals surface area contributed by atoms with Crippen molar-refractivity contribution in [1.82, 2.24) is 15.1 Å². The van der Waals surface area contributed by atoms with Gasteiger partial charge >= 0.3 is 30.1 Å². The number of aliphatic carboxylic acids is 3. The number of piperidine rings is 3. The number of amides is 4. The van der Waals surface area contributed by atoms with Crippen molar-refractivity contribution >= 4 is 54.3 Å². The van der Waals surface area contributed by atoms with Gasteiger partial charge in [0, 0.05) is 39.0 Å². The molecule has 0 radical (unpaired) electrons. The predicted molar refractivity (Wildman–Crippen MR) is 157 cm³/mol. The first-order valence-electron chi connectivity index (χ1n) is 14.2. The Morgan fingerprint density at radius 2 is 1.20 bits per heavy atom. The summed E-state index contributed by atoms with van der Waals surface area (Å²) in [5, 5.41) is 28.7. The smallest absolute Gasteiger partial charge is 0.417 e. The van der Waals surface area contributed by atoms with Gasteiger partial charge < -0.3 is 35.0 Å². The second kappa shape index (κ2) is 17.6. The van der Waals surface area contributed by atoms with Gasteiger partial charge in [-0.1, -0.05) is 0 Å². The number of halogens is 1. The van der Waals surface area contributed by atoms with Crippen molar-refractivity contribution in [1.29, 1.82) is 0 Å². The van der Waals surface area contributed by atoms with E-state index in [0.29, 0.717) is 25.8 Å². The summed E-state index contributed by atoms with van der Waals surface area (Å²) < 4.78 is 10.2. The van der Waals surface area contributed by atoms with Gasteiger partial charge in [-0.3, -0.25) is 24.0 Å². The Labute approximate surface area is 263 Å². The SMILES string of the molecule is CC(C)(C)OC(=O)N1CCC[C@H](C(=O)O)C1.CC(C)(C)OC(=O)N1C[C@@H](C(=O)O)CCC1=O.Cl.O=C1CC[C@H](C(=O)O)CN1. The van der Waals surface area contributed by atoms with E-state index in [1.807, 2.05) is 0 Å². The van der Waals surface area contributed by atoms with E-state index in [2.05, 4.69) is 5.32 Å². The summed E-state index contributed by atoms with van der Waals surface area (Å²) in [4.78, 5) is 79.7. The van der Waals surface area contributed by atoms with Crippen molar-refractivity contribution in [3.8, 4) is 0 Å². The maximum atomic E-state index is 11.7. The molecule has 15 nitrogen and oxygen atoms in total. The second-order valence-corrected chi connectivity index (χ2v) is 12.5. The molecule has 0 saturated carbocycles. The molecule has 44 heavy (non-hydrogen) atoms. The lowest BCUT2D eigenvalue weighted by Gasteiger charge is -2.32. The minimum absolute atomic E-state index is 0. The van der Waals surface area contributed by atoms with Crippen LogP contribution in [0.1, 0.15) is 80.1 Å². The van der Waals surface area contributed by atoms with Crippen LogP contribution < -0.4 is 5.32 Å². The fraction of sp³-hybridized carbons (Fsp3) is 0.750. The summed E-state index contributed by atoms with van der Waals surface area (Å²) in [6.07, 6.45) is 1.32. The lowest BCUT2D eigenvalue weighted by atomic mass is 9.98. The second-order valence-electron chi connectivity index (χ2n) is 12.5. The number of carbonyl (C=O) groups is 7. The van der Waals surface area contributed by atoms with E-state index in [9.17, 15) is 33.6 Å². The number of ether oxygens (including phenoxy) is 2. The number of carbonyl (C=O) groups excluding carboxylic acids is 4. The number of hydrogen-bond acceptors (Lipinski definition) is 9. The maximum absolute atomic E-state index is 11.7. The summed E-state index contributed by atoms with van der Waals surface area (Å²) in [5.74, 6) is -4.60. The van der Waals surface area contributed by atoms with Crippen molar-refractivity contribution in [2.75, 3.05) is 26.2 Å². The minimum Gasteiger partial charge on any atom is -0.481 e. The number of carboxylic acids is 3. The number of imide groups is 1. The molecule has 0 spiro atoms. The zero-order chi connectivity index (χ0) is 33.1. The summed E-state index contributed by atoms with van der Waals surface area (Å²) in [5.41, 5.74) is -1.24. The van der Waals surface area contributed by atoms with Gasteiger partial charge in [-0.2, -0.15) is 0 Å². The zero-order valence-corrected chi connectivity index (χ0v) is 26.9. The Kier molecular flexibility index (Phi) is 16.2. The maximum Gasteiger partial charge on any atom is 0.417 e. The fourth-order valence-electron chi connectivity index (χ4n) is 4.16. The molecule has 3 fully saturated rings. The third kappa shape index (κ3) is 15.2. The Bertz CT molecular complexity index is 1040. The quantitative estimate of drug-likeness (QED) is 0.346. The largest absolute Gasteiger partial charge is 0.481 e. The Morgan fingerprint density at radius 1 is 0.727 bits per heavy atom. The van der Waals surface area contributed by atoms with Crippen molar-refractivity contribution in [2.45, 2.75) is 91.3 Å². The van der Waals surface area contributed by atoms with Crippen molar-refractivity contribution < 1.29 is 58.4 Å². The lowest BCUT2D eigenvalue weighted by molar-refractivity contribution is -0.147. The van der Waals surface area contributed by atoms with Gasteiger partial charge in [0.25, 0.3) is 0 Å². The van der Waals surface area contributed by atoms with Crippen molar-refractivity contribution in [2.24, 2.45) is 17.8 Å². The molecule has 0 aromatic rings. The molecule has 3 heterocycles. The van der Waals surface area contributed by atoms with E-state index >= 15 is 0 Å². The molecular weight excluding hydrogens is 606 g/mol. The number of nitrogens with one attached hydrogen (secondary N) is 1. The topological polar surface area (TPSA) is 217 Å². The average Bonchev–Trinajstić information content (AvgIpc) is 2.88. The van der Waals surface area contributed by atoms with E-state index in [1.54, 1.807) is 41.5 Å². The Morgan fingerprint density at radius 3 is 1.66 bits per heavy atom. The highest BCUT2D eigenvalue weighted by Crippen LogP contribution is 2.21. The Hall–Kier alpha value is -3.62. The molecule has 4 N–H and O–H groups in total. The highest BCUT2D eigenvalue weighted by Gasteiger charge is 2.36. The summed E-state index contributed by atoms with van der Waals surface area (Å²) in [6, 6.07) is 0. The van der Waals surface area contributed by atoms with Crippen LogP contribution >= 0.6 is 12.4 Å². The van der Waals surface area contributed by atoms with Crippen LogP contribution in [0.4, 0.5) is 9.59 Å². The van der Waals surface area contributed by atoms with Crippen molar-refractivity contribution in [3.05, 3.63) is 0 Å². The number of carboxylic acid groups (broad SMARTS) is 3. The summed E-state index contributed by atoms with van der Waals surface area (Å²) in [7, 11) is 0. The Balaban J connectivity index is 0.000000643. The third-order valence-electron chi connectivity index (χ3n) is 6.41. The van der Waals surface area contributed by atoms with Crippen LogP contribution in [0.15, 0.2) is 0 Å². The van der Waals surface area contributed by atoms with Crippen LogP contribution in [-0.4, -0.2) is 104 Å².